The van der Waals surface area contributed by atoms with Crippen LogP contribution in [0.4, 0.5) is 4.79 Å². The van der Waals surface area contributed by atoms with Gasteiger partial charge in [-0.1, -0.05) is 75.0 Å². The van der Waals surface area contributed by atoms with Gasteiger partial charge in [-0.05, 0) is 62.4 Å². The standard InChI is InChI=1S/C28H38ClNO4/c1-6-9-12-21(7-2)19-34-27(31)25-14-11-10-13-24(25)26(22-15-17-23(29)18-16-22)30(20(4)5)28(32)33-8-3/h10-11,13-18,20-21,26H,6-9,12,19H2,1-5H3. The number of benzene rings is 2. The van der Waals surface area contributed by atoms with Crippen LogP contribution in [0.1, 0.15) is 87.8 Å². The maximum Gasteiger partial charge on any atom is 0.410 e. The predicted molar refractivity (Wildman–Crippen MR) is 137 cm³/mol. The van der Waals surface area contributed by atoms with Crippen LogP contribution >= 0.6 is 11.6 Å². The maximum absolute atomic E-state index is 13.3. The van der Waals surface area contributed by atoms with Gasteiger partial charge in [-0.15, -0.1) is 0 Å². The lowest BCUT2D eigenvalue weighted by Crippen LogP contribution is -2.41. The molecule has 2 aromatic carbocycles. The third-order valence-corrected chi connectivity index (χ3v) is 6.22. The molecule has 2 aromatic rings. The molecular weight excluding hydrogens is 450 g/mol. The number of esters is 1. The third-order valence-electron chi connectivity index (χ3n) is 5.97. The van der Waals surface area contributed by atoms with Gasteiger partial charge >= 0.3 is 12.1 Å². The number of halogens is 1. The Morgan fingerprint density at radius 2 is 1.65 bits per heavy atom. The zero-order valence-electron chi connectivity index (χ0n) is 21.1. The molecule has 0 saturated carbocycles. The molecule has 0 aliphatic heterocycles. The minimum absolute atomic E-state index is 0.178. The highest BCUT2D eigenvalue weighted by atomic mass is 35.5. The van der Waals surface area contributed by atoms with Crippen molar-refractivity contribution in [2.45, 2.75) is 72.4 Å². The van der Waals surface area contributed by atoms with Crippen molar-refractivity contribution in [1.29, 1.82) is 0 Å². The van der Waals surface area contributed by atoms with E-state index in [4.69, 9.17) is 21.1 Å². The summed E-state index contributed by atoms with van der Waals surface area (Å²) in [5.41, 5.74) is 1.97. The van der Waals surface area contributed by atoms with Crippen LogP contribution in [0.5, 0.6) is 0 Å². The molecule has 0 N–H and O–H groups in total. The number of carbonyl (C=O) groups is 2. The highest BCUT2D eigenvalue weighted by Gasteiger charge is 2.33. The highest BCUT2D eigenvalue weighted by Crippen LogP contribution is 2.34. The van der Waals surface area contributed by atoms with Crippen LogP contribution in [-0.4, -0.2) is 36.2 Å². The fraction of sp³-hybridized carbons (Fsp3) is 0.500. The zero-order chi connectivity index (χ0) is 25.1. The van der Waals surface area contributed by atoms with Crippen LogP contribution in [0, 0.1) is 5.92 Å². The Hall–Kier alpha value is -2.53. The summed E-state index contributed by atoms with van der Waals surface area (Å²) in [6.07, 6.45) is 3.81. The van der Waals surface area contributed by atoms with E-state index in [1.165, 1.54) is 0 Å². The largest absolute Gasteiger partial charge is 0.462 e. The highest BCUT2D eigenvalue weighted by molar-refractivity contribution is 6.30. The Labute approximate surface area is 209 Å². The van der Waals surface area contributed by atoms with Crippen molar-refractivity contribution < 1.29 is 19.1 Å². The number of ether oxygens (including phenoxy) is 2. The molecule has 6 heteroatoms. The molecule has 5 nitrogen and oxygen atoms in total. The first kappa shape index (κ1) is 27.7. The molecule has 0 saturated heterocycles. The molecule has 0 aliphatic rings. The van der Waals surface area contributed by atoms with E-state index in [2.05, 4.69) is 13.8 Å². The molecule has 0 heterocycles. The Bertz CT molecular complexity index is 913. The molecule has 1 amide bonds. The second kappa shape index (κ2) is 14.0. The Morgan fingerprint density at radius 1 is 0.971 bits per heavy atom. The van der Waals surface area contributed by atoms with E-state index in [1.807, 2.05) is 44.2 Å². The van der Waals surface area contributed by atoms with Crippen LogP contribution < -0.4 is 0 Å². The number of hydrogen-bond acceptors (Lipinski definition) is 4. The Kier molecular flexibility index (Phi) is 11.4. The number of nitrogens with zero attached hydrogens (tertiary/aromatic N) is 1. The summed E-state index contributed by atoms with van der Waals surface area (Å²) in [7, 11) is 0. The van der Waals surface area contributed by atoms with Crippen LogP contribution in [-0.2, 0) is 9.47 Å². The van der Waals surface area contributed by atoms with Crippen molar-refractivity contribution in [2.75, 3.05) is 13.2 Å². The van der Waals surface area contributed by atoms with Gasteiger partial charge in [-0.3, -0.25) is 4.90 Å². The molecule has 2 rings (SSSR count). The van der Waals surface area contributed by atoms with Gasteiger partial charge in [0.2, 0.25) is 0 Å². The summed E-state index contributed by atoms with van der Waals surface area (Å²) in [4.78, 5) is 28.0. The van der Waals surface area contributed by atoms with Crippen LogP contribution in [0.15, 0.2) is 48.5 Å². The van der Waals surface area contributed by atoms with Crippen molar-refractivity contribution in [3.8, 4) is 0 Å². The van der Waals surface area contributed by atoms with Gasteiger partial charge in [0.1, 0.15) is 0 Å². The van der Waals surface area contributed by atoms with E-state index in [0.29, 0.717) is 28.7 Å². The van der Waals surface area contributed by atoms with Crippen LogP contribution in [0.3, 0.4) is 0 Å². The molecule has 0 spiro atoms. The summed E-state index contributed by atoms with van der Waals surface area (Å²) >= 11 is 6.14. The van der Waals surface area contributed by atoms with E-state index in [0.717, 1.165) is 31.2 Å². The van der Waals surface area contributed by atoms with Gasteiger partial charge in [0.15, 0.2) is 0 Å². The first-order chi connectivity index (χ1) is 16.3. The smallest absolute Gasteiger partial charge is 0.410 e. The number of hydrogen-bond donors (Lipinski definition) is 0. The molecule has 186 valence electrons. The SMILES string of the molecule is CCCCC(CC)COC(=O)c1ccccc1C(c1ccc(Cl)cc1)N(C(=O)OCC)C(C)C. The predicted octanol–water partition coefficient (Wildman–Crippen LogP) is 7.67. The number of amides is 1. The molecule has 0 aromatic heterocycles. The lowest BCUT2D eigenvalue weighted by molar-refractivity contribution is 0.0421. The van der Waals surface area contributed by atoms with Gasteiger partial charge in [0.05, 0.1) is 24.8 Å². The second-order valence-corrected chi connectivity index (χ2v) is 9.19. The monoisotopic (exact) mass is 487 g/mol. The lowest BCUT2D eigenvalue weighted by atomic mass is 9.92. The normalized spacial score (nSPS) is 12.8. The van der Waals surface area contributed by atoms with Crippen molar-refractivity contribution in [3.63, 3.8) is 0 Å². The summed E-state index contributed by atoms with van der Waals surface area (Å²) < 4.78 is 11.2. The van der Waals surface area contributed by atoms with E-state index in [9.17, 15) is 9.59 Å². The van der Waals surface area contributed by atoms with Gasteiger partial charge in [-0.2, -0.15) is 0 Å². The summed E-state index contributed by atoms with van der Waals surface area (Å²) in [5.74, 6) is -0.0353. The summed E-state index contributed by atoms with van der Waals surface area (Å²) in [5, 5.41) is 0.597. The molecule has 0 bridgehead atoms. The fourth-order valence-electron chi connectivity index (χ4n) is 4.04. The number of carbonyl (C=O) groups excluding carboxylic acids is 2. The fourth-order valence-corrected chi connectivity index (χ4v) is 4.16. The van der Waals surface area contributed by atoms with Gasteiger partial charge in [0.25, 0.3) is 0 Å². The first-order valence-corrected chi connectivity index (χ1v) is 12.7. The molecular formula is C28H38ClNO4. The van der Waals surface area contributed by atoms with Crippen LogP contribution in [0.25, 0.3) is 0 Å². The average Bonchev–Trinajstić information content (AvgIpc) is 2.83. The van der Waals surface area contributed by atoms with E-state index in [1.54, 1.807) is 30.0 Å². The van der Waals surface area contributed by atoms with Crippen LogP contribution in [0.2, 0.25) is 5.02 Å². The average molecular weight is 488 g/mol. The van der Waals surface area contributed by atoms with Crippen molar-refractivity contribution in [1.82, 2.24) is 4.90 Å². The zero-order valence-corrected chi connectivity index (χ0v) is 21.8. The Balaban J connectivity index is 2.48. The maximum atomic E-state index is 13.3. The van der Waals surface area contributed by atoms with Gasteiger partial charge in [0, 0.05) is 11.1 Å². The van der Waals surface area contributed by atoms with Gasteiger partial charge < -0.3 is 9.47 Å². The van der Waals surface area contributed by atoms with E-state index >= 15 is 0 Å². The minimum atomic E-state index is -0.540. The molecule has 2 atom stereocenters. The van der Waals surface area contributed by atoms with E-state index < -0.39 is 12.1 Å². The van der Waals surface area contributed by atoms with Crippen molar-refractivity contribution in [3.05, 3.63) is 70.2 Å². The molecule has 0 fully saturated rings. The van der Waals surface area contributed by atoms with E-state index in [-0.39, 0.29) is 18.6 Å². The first-order valence-electron chi connectivity index (χ1n) is 12.3. The molecule has 2 unspecified atom stereocenters. The topological polar surface area (TPSA) is 55.8 Å². The number of unbranched alkanes of at least 4 members (excludes halogenated alkanes) is 1. The molecule has 0 radical (unpaired) electrons. The number of rotatable bonds is 12. The summed E-state index contributed by atoms with van der Waals surface area (Å²) in [6.45, 7) is 10.6. The molecule has 34 heavy (non-hydrogen) atoms. The Morgan fingerprint density at radius 3 is 2.24 bits per heavy atom. The summed E-state index contributed by atoms with van der Waals surface area (Å²) in [6, 6.07) is 13.9. The second-order valence-electron chi connectivity index (χ2n) is 8.76. The van der Waals surface area contributed by atoms with Crippen molar-refractivity contribution in [2.24, 2.45) is 5.92 Å². The third kappa shape index (κ3) is 7.49. The quantitative estimate of drug-likeness (QED) is 0.288. The van der Waals surface area contributed by atoms with Crippen molar-refractivity contribution >= 4 is 23.7 Å². The minimum Gasteiger partial charge on any atom is -0.462 e. The van der Waals surface area contributed by atoms with Gasteiger partial charge in [-0.25, -0.2) is 9.59 Å². The lowest BCUT2D eigenvalue weighted by Gasteiger charge is -2.35. The molecule has 0 aliphatic carbocycles.